The number of aromatic nitrogens is 4. The minimum Gasteiger partial charge on any atom is -0.390 e. The van der Waals surface area contributed by atoms with Crippen LogP contribution < -0.4 is 5.69 Å². The van der Waals surface area contributed by atoms with Gasteiger partial charge in [0.25, 0.3) is 0 Å². The zero-order valence-corrected chi connectivity index (χ0v) is 24.8. The average Bonchev–Trinajstić information content (AvgIpc) is 3.46. The summed E-state index contributed by atoms with van der Waals surface area (Å²) in [5.74, 6) is 0.0396. The summed E-state index contributed by atoms with van der Waals surface area (Å²) in [7, 11) is 0. The second-order valence-corrected chi connectivity index (χ2v) is 12.1. The van der Waals surface area contributed by atoms with Crippen molar-refractivity contribution in [3.63, 3.8) is 0 Å². The van der Waals surface area contributed by atoms with E-state index >= 15 is 0 Å². The van der Waals surface area contributed by atoms with Crippen molar-refractivity contribution in [2.45, 2.75) is 58.3 Å². The van der Waals surface area contributed by atoms with E-state index < -0.39 is 6.10 Å². The normalized spacial score (nSPS) is 17.2. The molecule has 2 N–H and O–H groups in total. The monoisotopic (exact) mass is 596 g/mol. The predicted octanol–water partition coefficient (Wildman–Crippen LogP) is 4.41. The van der Waals surface area contributed by atoms with Crippen LogP contribution in [0.25, 0.3) is 22.3 Å². The Kier molecular flexibility index (Phi) is 7.72. The maximum atomic E-state index is 12.7. The number of imidazole rings is 1. The highest BCUT2D eigenvalue weighted by atomic mass is 35.5. The smallest absolute Gasteiger partial charge is 0.326 e. The molecule has 2 aliphatic heterocycles. The molecule has 41 heavy (non-hydrogen) atoms. The molecule has 1 unspecified atom stereocenters. The number of aromatic amines is 1. The maximum absolute atomic E-state index is 12.7. The lowest BCUT2D eigenvalue weighted by Crippen LogP contribution is -2.42. The lowest BCUT2D eigenvalue weighted by atomic mass is 10.00. The molecule has 4 aromatic rings. The Morgan fingerprint density at radius 1 is 1.12 bits per heavy atom. The molecular formula is C30H34Cl2N6O3. The Balaban J connectivity index is 1.16. The van der Waals surface area contributed by atoms with E-state index in [0.717, 1.165) is 65.0 Å². The summed E-state index contributed by atoms with van der Waals surface area (Å²) in [6, 6.07) is 11.4. The van der Waals surface area contributed by atoms with Crippen LogP contribution in [0.1, 0.15) is 42.6 Å². The van der Waals surface area contributed by atoms with Crippen molar-refractivity contribution >= 4 is 40.1 Å². The van der Waals surface area contributed by atoms with Gasteiger partial charge in [-0.2, -0.15) is 5.10 Å². The van der Waals surface area contributed by atoms with E-state index in [-0.39, 0.29) is 17.6 Å². The summed E-state index contributed by atoms with van der Waals surface area (Å²) in [6.07, 6.45) is 1.68. The summed E-state index contributed by atoms with van der Waals surface area (Å²) in [5, 5.41) is 17.4. The number of benzene rings is 2. The SMILES string of the molecule is CC(=O)N1CCc2c(c(-c3ccc(C)c(Cl)c3)nn2CC(O)CN2CCC(n3c(=O)[nH]c4ccc(Cl)cc43)CC2)C1. The molecule has 1 atom stereocenters. The number of piperidine rings is 1. The third-order valence-electron chi connectivity index (χ3n) is 8.48. The Hall–Kier alpha value is -3.11. The highest BCUT2D eigenvalue weighted by Gasteiger charge is 2.29. The molecule has 1 saturated heterocycles. The molecule has 0 bridgehead atoms. The van der Waals surface area contributed by atoms with Crippen LogP contribution in [-0.4, -0.2) is 72.4 Å². The molecule has 0 spiro atoms. The number of nitrogens with zero attached hydrogens (tertiary/aromatic N) is 5. The fourth-order valence-corrected chi connectivity index (χ4v) is 6.60. The number of carbonyl (C=O) groups is 1. The van der Waals surface area contributed by atoms with Gasteiger partial charge >= 0.3 is 5.69 Å². The molecule has 11 heteroatoms. The molecule has 0 radical (unpaired) electrons. The zero-order chi connectivity index (χ0) is 28.8. The number of fused-ring (bicyclic) bond motifs is 2. The first-order valence-electron chi connectivity index (χ1n) is 14.1. The van der Waals surface area contributed by atoms with Crippen molar-refractivity contribution in [2.75, 3.05) is 26.2 Å². The van der Waals surface area contributed by atoms with Gasteiger partial charge in [0, 0.05) is 79.0 Å². The number of hydrogen-bond donors (Lipinski definition) is 2. The minimum absolute atomic E-state index is 0.0396. The summed E-state index contributed by atoms with van der Waals surface area (Å²) in [6.45, 7) is 7.11. The minimum atomic E-state index is -0.620. The van der Waals surface area contributed by atoms with Gasteiger partial charge in [0.05, 0.1) is 29.4 Å². The molecule has 1 fully saturated rings. The quantitative estimate of drug-likeness (QED) is 0.343. The number of amides is 1. The Bertz CT molecular complexity index is 1670. The first-order valence-corrected chi connectivity index (χ1v) is 14.8. The number of aliphatic hydroxyl groups is 1. The number of carbonyl (C=O) groups excluding carboxylic acids is 1. The van der Waals surface area contributed by atoms with Crippen LogP contribution in [0, 0.1) is 6.92 Å². The highest BCUT2D eigenvalue weighted by molar-refractivity contribution is 6.31. The average molecular weight is 598 g/mol. The van der Waals surface area contributed by atoms with Crippen LogP contribution in [-0.2, 0) is 24.3 Å². The molecule has 9 nitrogen and oxygen atoms in total. The molecule has 216 valence electrons. The van der Waals surface area contributed by atoms with Gasteiger partial charge in [-0.25, -0.2) is 4.79 Å². The molecule has 0 saturated carbocycles. The van der Waals surface area contributed by atoms with Crippen LogP contribution in [0.15, 0.2) is 41.2 Å². The van der Waals surface area contributed by atoms with E-state index in [4.69, 9.17) is 28.3 Å². The van der Waals surface area contributed by atoms with Crippen molar-refractivity contribution in [1.82, 2.24) is 29.1 Å². The standard InChI is InChI=1S/C30H34Cl2N6O3/c1-18-3-4-20(13-25(18)32)29-24-17-36(19(2)39)12-9-27(24)37(34-29)16-23(40)15-35-10-7-22(8-11-35)38-28-14-21(31)5-6-26(28)33-30(38)41/h3-6,13-14,22-23,40H,7-12,15-17H2,1-2H3,(H,33,41). The highest BCUT2D eigenvalue weighted by Crippen LogP contribution is 2.33. The number of halogens is 2. The van der Waals surface area contributed by atoms with Gasteiger partial charge in [-0.15, -0.1) is 0 Å². The molecule has 2 aliphatic rings. The van der Waals surface area contributed by atoms with Crippen molar-refractivity contribution < 1.29 is 9.90 Å². The van der Waals surface area contributed by atoms with Gasteiger partial charge < -0.3 is 19.9 Å². The summed E-state index contributed by atoms with van der Waals surface area (Å²) >= 11 is 12.6. The number of β-amino-alcohol motifs (C(OH)–C–C–N with tert-alkyl or cyclic N) is 1. The largest absolute Gasteiger partial charge is 0.390 e. The molecule has 4 heterocycles. The predicted molar refractivity (Wildman–Crippen MR) is 160 cm³/mol. The fourth-order valence-electron chi connectivity index (χ4n) is 6.26. The third kappa shape index (κ3) is 5.56. The lowest BCUT2D eigenvalue weighted by molar-refractivity contribution is -0.129. The van der Waals surface area contributed by atoms with Crippen molar-refractivity contribution in [3.8, 4) is 11.3 Å². The number of H-pyrrole nitrogens is 1. The van der Waals surface area contributed by atoms with E-state index in [1.807, 2.05) is 51.4 Å². The summed E-state index contributed by atoms with van der Waals surface area (Å²) < 4.78 is 3.75. The van der Waals surface area contributed by atoms with Gasteiger partial charge in [-0.3, -0.25) is 14.0 Å². The van der Waals surface area contributed by atoms with Gasteiger partial charge in [0.15, 0.2) is 0 Å². The van der Waals surface area contributed by atoms with Crippen LogP contribution in [0.4, 0.5) is 0 Å². The van der Waals surface area contributed by atoms with Crippen LogP contribution in [0.5, 0.6) is 0 Å². The van der Waals surface area contributed by atoms with E-state index in [2.05, 4.69) is 9.88 Å². The van der Waals surface area contributed by atoms with E-state index in [1.165, 1.54) is 0 Å². The molecule has 0 aliphatic carbocycles. The maximum Gasteiger partial charge on any atom is 0.326 e. The summed E-state index contributed by atoms with van der Waals surface area (Å²) in [4.78, 5) is 31.9. The second kappa shape index (κ2) is 11.3. The fraction of sp³-hybridized carbons (Fsp3) is 0.433. The number of likely N-dealkylation sites (tertiary alicyclic amines) is 1. The first kappa shape index (κ1) is 28.0. The summed E-state index contributed by atoms with van der Waals surface area (Å²) in [5.41, 5.74) is 6.30. The second-order valence-electron chi connectivity index (χ2n) is 11.3. The van der Waals surface area contributed by atoms with Crippen LogP contribution in [0.3, 0.4) is 0 Å². The van der Waals surface area contributed by atoms with Crippen LogP contribution in [0.2, 0.25) is 10.0 Å². The number of aryl methyl sites for hydroxylation is 1. The van der Waals surface area contributed by atoms with Gasteiger partial charge in [0.1, 0.15) is 0 Å². The first-order chi connectivity index (χ1) is 19.7. The number of nitrogens with one attached hydrogen (secondary N) is 1. The topological polar surface area (TPSA) is 99.4 Å². The van der Waals surface area contributed by atoms with Gasteiger partial charge in [-0.1, -0.05) is 35.3 Å². The van der Waals surface area contributed by atoms with Crippen LogP contribution >= 0.6 is 23.2 Å². The molecule has 1 amide bonds. The zero-order valence-electron chi connectivity index (χ0n) is 23.2. The molecule has 2 aromatic heterocycles. The third-order valence-corrected chi connectivity index (χ3v) is 9.12. The molecule has 2 aromatic carbocycles. The Labute approximate surface area is 248 Å². The van der Waals surface area contributed by atoms with Crippen molar-refractivity contribution in [1.29, 1.82) is 0 Å². The molecular weight excluding hydrogens is 563 g/mol. The van der Waals surface area contributed by atoms with E-state index in [1.54, 1.807) is 13.0 Å². The Morgan fingerprint density at radius 2 is 1.90 bits per heavy atom. The van der Waals surface area contributed by atoms with Crippen molar-refractivity contribution in [3.05, 3.63) is 73.7 Å². The number of rotatable bonds is 6. The number of aliphatic hydroxyl groups excluding tert-OH is 1. The van der Waals surface area contributed by atoms with Gasteiger partial charge in [-0.05, 0) is 49.6 Å². The lowest BCUT2D eigenvalue weighted by Gasteiger charge is -2.33. The number of hydrogen-bond acceptors (Lipinski definition) is 5. The van der Waals surface area contributed by atoms with Crippen molar-refractivity contribution in [2.24, 2.45) is 0 Å². The van der Waals surface area contributed by atoms with E-state index in [9.17, 15) is 14.7 Å². The van der Waals surface area contributed by atoms with Gasteiger partial charge in [0.2, 0.25) is 5.91 Å². The van der Waals surface area contributed by atoms with E-state index in [0.29, 0.717) is 42.6 Å². The Morgan fingerprint density at radius 3 is 2.63 bits per heavy atom. The molecule has 6 rings (SSSR count).